The third kappa shape index (κ3) is 4.48. The number of aromatic nitrogens is 4. The first-order valence-electron chi connectivity index (χ1n) is 11.4. The normalized spacial score (nSPS) is 16.0. The average Bonchev–Trinajstić information content (AvgIpc) is 3.50. The van der Waals surface area contributed by atoms with Crippen molar-refractivity contribution >= 4 is 22.5 Å². The Morgan fingerprint density at radius 2 is 1.89 bits per heavy atom. The largest absolute Gasteiger partial charge is 0.417 e. The second-order valence-electron chi connectivity index (χ2n) is 8.76. The smallest absolute Gasteiger partial charge is 0.354 e. The fourth-order valence-corrected chi connectivity index (χ4v) is 4.59. The van der Waals surface area contributed by atoms with E-state index in [9.17, 15) is 22.4 Å². The number of aryl methyl sites for hydroxylation is 1. The third-order valence-electron chi connectivity index (χ3n) is 6.40. The van der Waals surface area contributed by atoms with Crippen LogP contribution < -0.4 is 10.2 Å². The Morgan fingerprint density at radius 1 is 1.11 bits per heavy atom. The first kappa shape index (κ1) is 23.7. The maximum atomic E-state index is 13.4. The van der Waals surface area contributed by atoms with Crippen LogP contribution in [0.1, 0.15) is 22.3 Å². The second kappa shape index (κ2) is 9.21. The lowest BCUT2D eigenvalue weighted by molar-refractivity contribution is -0.138. The number of carbonyl (C=O) groups excluding carboxylic acids is 1. The van der Waals surface area contributed by atoms with Gasteiger partial charge in [-0.2, -0.15) is 18.3 Å². The molecule has 1 amide bonds. The summed E-state index contributed by atoms with van der Waals surface area (Å²) in [5, 5.41) is 17.6. The molecule has 11 heteroatoms. The van der Waals surface area contributed by atoms with Crippen LogP contribution in [0.3, 0.4) is 0 Å². The molecule has 0 spiro atoms. The van der Waals surface area contributed by atoms with E-state index in [2.05, 4.69) is 25.5 Å². The van der Waals surface area contributed by atoms with Crippen molar-refractivity contribution in [1.82, 2.24) is 25.3 Å². The summed E-state index contributed by atoms with van der Waals surface area (Å²) in [5.74, 6) is -1.22. The van der Waals surface area contributed by atoms with E-state index < -0.39 is 29.0 Å². The van der Waals surface area contributed by atoms with Gasteiger partial charge in [-0.25, -0.2) is 4.39 Å². The Morgan fingerprint density at radius 3 is 2.61 bits per heavy atom. The predicted octanol–water partition coefficient (Wildman–Crippen LogP) is 4.44. The second-order valence-corrected chi connectivity index (χ2v) is 8.76. The van der Waals surface area contributed by atoms with Crippen molar-refractivity contribution < 1.29 is 22.4 Å². The number of alkyl halides is 3. The molecule has 0 bridgehead atoms. The van der Waals surface area contributed by atoms with Crippen molar-refractivity contribution in [3.05, 3.63) is 71.7 Å². The van der Waals surface area contributed by atoms with Gasteiger partial charge in [0.1, 0.15) is 11.5 Å². The zero-order valence-electron chi connectivity index (χ0n) is 19.3. The highest BCUT2D eigenvalue weighted by Gasteiger charge is 2.36. The highest BCUT2D eigenvalue weighted by Crippen LogP contribution is 2.34. The summed E-state index contributed by atoms with van der Waals surface area (Å²) in [6, 6.07) is 11.7. The lowest BCUT2D eigenvalue weighted by Gasteiger charge is -2.20. The van der Waals surface area contributed by atoms with Crippen LogP contribution in [-0.2, 0) is 13.2 Å². The number of carbonyl (C=O) groups is 1. The van der Waals surface area contributed by atoms with Gasteiger partial charge in [-0.15, -0.1) is 10.2 Å². The molecule has 2 aromatic heterocycles. The van der Waals surface area contributed by atoms with Crippen molar-refractivity contribution in [2.75, 3.05) is 24.5 Å². The number of rotatable bonds is 5. The van der Waals surface area contributed by atoms with Gasteiger partial charge < -0.3 is 10.2 Å². The Balaban J connectivity index is 1.32. The Labute approximate surface area is 203 Å². The van der Waals surface area contributed by atoms with Crippen LogP contribution in [0.5, 0.6) is 0 Å². The van der Waals surface area contributed by atoms with Gasteiger partial charge in [0.25, 0.3) is 5.91 Å². The molecule has 2 aromatic carbocycles. The van der Waals surface area contributed by atoms with Crippen molar-refractivity contribution in [1.29, 1.82) is 0 Å². The summed E-state index contributed by atoms with van der Waals surface area (Å²) < 4.78 is 54.9. The molecular weight excluding hydrogens is 476 g/mol. The summed E-state index contributed by atoms with van der Waals surface area (Å²) in [5.41, 5.74) is -0.326. The molecular formula is C25H22F4N6O. The standard InChI is InChI=1S/C25H22F4N6O/c1-34-21(8-10-31-34)22-17-4-2-3-5-18(17)23(33-32-22)35-11-9-15(14-35)13-30-24(36)19-7-6-16(26)12-20(19)25(27,28)29/h2-8,10,12,15H,9,11,13-14H2,1H3,(H,30,36). The van der Waals surface area contributed by atoms with E-state index in [1.165, 1.54) is 0 Å². The third-order valence-corrected chi connectivity index (χ3v) is 6.40. The molecule has 0 saturated carbocycles. The molecule has 1 aliphatic rings. The number of fused-ring (bicyclic) bond motifs is 1. The first-order chi connectivity index (χ1) is 17.2. The molecule has 1 unspecified atom stereocenters. The SMILES string of the molecule is Cn1nccc1-c1nnc(N2CCC(CNC(=O)c3ccc(F)cc3C(F)(F)F)C2)c2ccccc12. The van der Waals surface area contributed by atoms with E-state index in [0.29, 0.717) is 25.0 Å². The minimum atomic E-state index is -4.83. The van der Waals surface area contributed by atoms with Gasteiger partial charge in [-0.1, -0.05) is 24.3 Å². The highest BCUT2D eigenvalue weighted by atomic mass is 19.4. The van der Waals surface area contributed by atoms with E-state index in [-0.39, 0.29) is 12.5 Å². The molecule has 186 valence electrons. The van der Waals surface area contributed by atoms with Crippen LogP contribution in [0, 0.1) is 11.7 Å². The fraction of sp³-hybridized carbons (Fsp3) is 0.280. The van der Waals surface area contributed by atoms with Crippen LogP contribution in [0.15, 0.2) is 54.7 Å². The summed E-state index contributed by atoms with van der Waals surface area (Å²) in [6.45, 7) is 1.40. The molecule has 1 fully saturated rings. The number of benzene rings is 2. The number of nitrogens with one attached hydrogen (secondary N) is 1. The summed E-state index contributed by atoms with van der Waals surface area (Å²) >= 11 is 0. The molecule has 4 aromatic rings. The number of hydrogen-bond acceptors (Lipinski definition) is 5. The lowest BCUT2D eigenvalue weighted by atomic mass is 10.0. The molecule has 1 N–H and O–H groups in total. The molecule has 1 atom stereocenters. The van der Waals surface area contributed by atoms with E-state index in [1.54, 1.807) is 10.9 Å². The first-order valence-corrected chi connectivity index (χ1v) is 11.4. The molecule has 3 heterocycles. The monoisotopic (exact) mass is 498 g/mol. The lowest BCUT2D eigenvalue weighted by Crippen LogP contribution is -2.32. The topological polar surface area (TPSA) is 75.9 Å². The Kier molecular flexibility index (Phi) is 6.07. The molecule has 0 radical (unpaired) electrons. The predicted molar refractivity (Wildman–Crippen MR) is 126 cm³/mol. The van der Waals surface area contributed by atoms with Crippen LogP contribution in [0.25, 0.3) is 22.2 Å². The maximum Gasteiger partial charge on any atom is 0.417 e. The van der Waals surface area contributed by atoms with E-state index in [1.807, 2.05) is 37.4 Å². The van der Waals surface area contributed by atoms with Crippen LogP contribution >= 0.6 is 0 Å². The van der Waals surface area contributed by atoms with E-state index in [0.717, 1.165) is 40.7 Å². The molecule has 7 nitrogen and oxygen atoms in total. The van der Waals surface area contributed by atoms with Crippen LogP contribution in [0.4, 0.5) is 23.4 Å². The highest BCUT2D eigenvalue weighted by molar-refractivity contribution is 6.00. The summed E-state index contributed by atoms with van der Waals surface area (Å²) in [4.78, 5) is 14.6. The molecule has 0 aliphatic carbocycles. The van der Waals surface area contributed by atoms with Crippen LogP contribution in [0.2, 0.25) is 0 Å². The zero-order chi connectivity index (χ0) is 25.4. The van der Waals surface area contributed by atoms with Gasteiger partial charge in [0.15, 0.2) is 5.82 Å². The van der Waals surface area contributed by atoms with Crippen molar-refractivity contribution in [3.63, 3.8) is 0 Å². The van der Waals surface area contributed by atoms with Gasteiger partial charge >= 0.3 is 6.18 Å². The Hall–Kier alpha value is -4.02. The van der Waals surface area contributed by atoms with Gasteiger partial charge in [-0.3, -0.25) is 9.48 Å². The van der Waals surface area contributed by atoms with Gasteiger partial charge in [0, 0.05) is 43.7 Å². The molecule has 1 saturated heterocycles. The number of hydrogen-bond donors (Lipinski definition) is 1. The Bertz CT molecular complexity index is 1430. The minimum absolute atomic E-state index is 0.000970. The fourth-order valence-electron chi connectivity index (χ4n) is 4.59. The van der Waals surface area contributed by atoms with Crippen molar-refractivity contribution in [3.8, 4) is 11.4 Å². The minimum Gasteiger partial charge on any atom is -0.354 e. The number of halogens is 4. The van der Waals surface area contributed by atoms with E-state index >= 15 is 0 Å². The van der Waals surface area contributed by atoms with Crippen molar-refractivity contribution in [2.45, 2.75) is 12.6 Å². The molecule has 5 rings (SSSR count). The summed E-state index contributed by atoms with van der Waals surface area (Å²) in [7, 11) is 1.84. The number of nitrogens with zero attached hydrogens (tertiary/aromatic N) is 5. The van der Waals surface area contributed by atoms with Gasteiger partial charge in [0.05, 0.1) is 16.8 Å². The molecule has 1 aliphatic heterocycles. The number of anilines is 1. The van der Waals surface area contributed by atoms with Gasteiger partial charge in [0.2, 0.25) is 0 Å². The quantitative estimate of drug-likeness (QED) is 0.412. The number of amides is 1. The summed E-state index contributed by atoms with van der Waals surface area (Å²) in [6.07, 6.45) is -2.42. The van der Waals surface area contributed by atoms with Crippen molar-refractivity contribution in [2.24, 2.45) is 13.0 Å². The average molecular weight is 498 g/mol. The molecule has 36 heavy (non-hydrogen) atoms. The zero-order valence-corrected chi connectivity index (χ0v) is 19.3. The van der Waals surface area contributed by atoms with E-state index in [4.69, 9.17) is 0 Å². The maximum absolute atomic E-state index is 13.4. The van der Waals surface area contributed by atoms with Crippen LogP contribution in [-0.4, -0.2) is 45.5 Å². The van der Waals surface area contributed by atoms with Gasteiger partial charge in [-0.05, 0) is 36.6 Å².